The van der Waals surface area contributed by atoms with Gasteiger partial charge in [-0.05, 0) is 39.8 Å². The molecule has 4 nitrogen and oxygen atoms in total. The smallest absolute Gasteiger partial charge is 0.238 e. The Labute approximate surface area is 241 Å². The van der Waals surface area contributed by atoms with Crippen LogP contribution >= 0.6 is 0 Å². The molecule has 4 heteroatoms. The van der Waals surface area contributed by atoms with Crippen molar-refractivity contribution >= 4 is 21.8 Å². The third-order valence-corrected chi connectivity index (χ3v) is 7.24. The highest BCUT2D eigenvalue weighted by Gasteiger charge is 2.17. The van der Waals surface area contributed by atoms with E-state index in [0.717, 1.165) is 22.2 Å². The number of para-hydroxylation sites is 2. The van der Waals surface area contributed by atoms with E-state index in [9.17, 15) is 0 Å². The van der Waals surface area contributed by atoms with E-state index in [1.165, 1.54) is 33.0 Å². The van der Waals surface area contributed by atoms with Gasteiger partial charge in [0, 0.05) is 21.9 Å². The lowest BCUT2D eigenvalue weighted by atomic mass is 10.1. The van der Waals surface area contributed by atoms with Crippen LogP contribution in [-0.2, 0) is 0 Å². The van der Waals surface area contributed by atoms with Crippen molar-refractivity contribution in [2.24, 2.45) is 0 Å². The molecular formula is C37H32N4. The van der Waals surface area contributed by atoms with Crippen molar-refractivity contribution in [1.29, 1.82) is 0 Å². The normalized spacial score (nSPS) is 10.9. The number of fused-ring (bicyclic) bond motifs is 3. The lowest BCUT2D eigenvalue weighted by Gasteiger charge is -2.11. The van der Waals surface area contributed by atoms with Crippen molar-refractivity contribution in [3.63, 3.8) is 0 Å². The number of hydrogen-bond donors (Lipinski definition) is 0. The quantitative estimate of drug-likeness (QED) is 0.228. The van der Waals surface area contributed by atoms with E-state index in [0.29, 0.717) is 17.6 Å². The summed E-state index contributed by atoms with van der Waals surface area (Å²) in [5.41, 5.74) is 9.16. The summed E-state index contributed by atoms with van der Waals surface area (Å²) in [6.07, 6.45) is 0. The van der Waals surface area contributed by atoms with Gasteiger partial charge in [-0.15, -0.1) is 0 Å². The number of nitrogens with zero attached hydrogens (tertiary/aromatic N) is 4. The molecule has 0 spiro atoms. The first-order chi connectivity index (χ1) is 20.0. The van der Waals surface area contributed by atoms with Crippen molar-refractivity contribution in [2.45, 2.75) is 27.7 Å². The molecule has 0 radical (unpaired) electrons. The molecule has 7 rings (SSSR count). The van der Waals surface area contributed by atoms with Crippen LogP contribution in [0.4, 0.5) is 0 Å². The molecule has 41 heavy (non-hydrogen) atoms. The molecule has 200 valence electrons. The van der Waals surface area contributed by atoms with Gasteiger partial charge in [0.05, 0.1) is 11.0 Å². The lowest BCUT2D eigenvalue weighted by Crippen LogP contribution is -2.06. The molecular weight excluding hydrogens is 500 g/mol. The first kappa shape index (κ1) is 26.1. The third kappa shape index (κ3) is 5.50. The fourth-order valence-electron chi connectivity index (χ4n) is 4.90. The van der Waals surface area contributed by atoms with Crippen LogP contribution in [0.25, 0.3) is 50.5 Å². The Morgan fingerprint density at radius 3 is 1.12 bits per heavy atom. The highest BCUT2D eigenvalue weighted by molar-refractivity contribution is 6.08. The van der Waals surface area contributed by atoms with E-state index >= 15 is 0 Å². The Balaban J connectivity index is 0.000000328. The molecule has 2 heterocycles. The molecule has 0 unspecified atom stereocenters. The monoisotopic (exact) mass is 532 g/mol. The lowest BCUT2D eigenvalue weighted by molar-refractivity contribution is 0.953. The van der Waals surface area contributed by atoms with Gasteiger partial charge in [-0.2, -0.15) is 9.97 Å². The number of rotatable bonds is 3. The molecule has 0 bridgehead atoms. The summed E-state index contributed by atoms with van der Waals surface area (Å²) >= 11 is 0. The van der Waals surface area contributed by atoms with Gasteiger partial charge in [-0.25, -0.2) is 4.98 Å². The van der Waals surface area contributed by atoms with Crippen molar-refractivity contribution in [2.75, 3.05) is 0 Å². The Hall–Kier alpha value is -5.09. The molecule has 0 N–H and O–H groups in total. The number of aromatic nitrogens is 4. The molecule has 0 aliphatic rings. The zero-order valence-corrected chi connectivity index (χ0v) is 23.8. The molecule has 0 aliphatic heterocycles. The van der Waals surface area contributed by atoms with Crippen molar-refractivity contribution in [3.05, 3.63) is 144 Å². The molecule has 0 amide bonds. The molecule has 0 fully saturated rings. The fourth-order valence-corrected chi connectivity index (χ4v) is 4.90. The van der Waals surface area contributed by atoms with Crippen LogP contribution < -0.4 is 0 Å². The average Bonchev–Trinajstić information content (AvgIpc) is 3.34. The summed E-state index contributed by atoms with van der Waals surface area (Å²) in [6, 6.07) is 41.9. The van der Waals surface area contributed by atoms with Crippen LogP contribution in [-0.4, -0.2) is 19.5 Å². The summed E-state index contributed by atoms with van der Waals surface area (Å²) in [7, 11) is 0. The Kier molecular flexibility index (Phi) is 7.13. The maximum atomic E-state index is 4.96. The van der Waals surface area contributed by atoms with E-state index in [2.05, 4.69) is 154 Å². The van der Waals surface area contributed by atoms with Crippen molar-refractivity contribution < 1.29 is 0 Å². The van der Waals surface area contributed by atoms with Gasteiger partial charge in [0.1, 0.15) is 0 Å². The van der Waals surface area contributed by atoms with Crippen molar-refractivity contribution in [3.8, 4) is 28.7 Å². The first-order valence-electron chi connectivity index (χ1n) is 13.9. The summed E-state index contributed by atoms with van der Waals surface area (Å²) in [4.78, 5) is 14.8. The summed E-state index contributed by atoms with van der Waals surface area (Å²) < 4.78 is 2.14. The highest BCUT2D eigenvalue weighted by Crippen LogP contribution is 2.32. The van der Waals surface area contributed by atoms with Gasteiger partial charge < -0.3 is 0 Å². The van der Waals surface area contributed by atoms with Gasteiger partial charge in [0.15, 0.2) is 11.6 Å². The first-order valence-corrected chi connectivity index (χ1v) is 13.9. The molecule has 0 atom stereocenters. The van der Waals surface area contributed by atoms with Crippen LogP contribution in [0.2, 0.25) is 0 Å². The van der Waals surface area contributed by atoms with E-state index in [4.69, 9.17) is 15.0 Å². The Bertz CT molecular complexity index is 1810. The van der Waals surface area contributed by atoms with Crippen LogP contribution in [0.3, 0.4) is 0 Å². The van der Waals surface area contributed by atoms with Crippen LogP contribution in [0.1, 0.15) is 22.3 Å². The molecule has 5 aromatic carbocycles. The molecule has 7 aromatic rings. The second kappa shape index (κ2) is 11.2. The van der Waals surface area contributed by atoms with Crippen LogP contribution in [0, 0.1) is 27.7 Å². The number of hydrogen-bond acceptors (Lipinski definition) is 3. The molecule has 0 saturated heterocycles. The van der Waals surface area contributed by atoms with Crippen molar-refractivity contribution in [1.82, 2.24) is 19.5 Å². The van der Waals surface area contributed by atoms with E-state index in [1.807, 2.05) is 0 Å². The zero-order valence-electron chi connectivity index (χ0n) is 23.8. The van der Waals surface area contributed by atoms with Crippen LogP contribution in [0.5, 0.6) is 0 Å². The summed E-state index contributed by atoms with van der Waals surface area (Å²) in [5, 5.41) is 2.37. The topological polar surface area (TPSA) is 43.6 Å². The molecule has 0 saturated carbocycles. The zero-order chi connectivity index (χ0) is 28.3. The minimum absolute atomic E-state index is 0.619. The minimum Gasteiger partial charge on any atom is -0.278 e. The average molecular weight is 533 g/mol. The Morgan fingerprint density at radius 2 is 0.732 bits per heavy atom. The summed E-state index contributed by atoms with van der Waals surface area (Å²) in [6.45, 7) is 8.36. The van der Waals surface area contributed by atoms with Gasteiger partial charge in [-0.1, -0.05) is 131 Å². The van der Waals surface area contributed by atoms with Gasteiger partial charge in [0.2, 0.25) is 5.95 Å². The maximum absolute atomic E-state index is 4.96. The highest BCUT2D eigenvalue weighted by atomic mass is 15.2. The number of benzene rings is 5. The predicted octanol–water partition coefficient (Wildman–Crippen LogP) is 9.22. The Morgan fingerprint density at radius 1 is 0.390 bits per heavy atom. The number of aryl methyl sites for hydroxylation is 4. The molecule has 2 aromatic heterocycles. The SMILES string of the molecule is Cc1ccc(-c2nc(-c3ccc(C)cc3)nc(-n3c4ccccc4c4ccccc43)n2)cc1.Cc1ccc(C)cc1. The van der Waals surface area contributed by atoms with Gasteiger partial charge in [-0.3, -0.25) is 4.57 Å². The third-order valence-electron chi connectivity index (χ3n) is 7.24. The summed E-state index contributed by atoms with van der Waals surface area (Å²) in [5.74, 6) is 1.95. The minimum atomic E-state index is 0.619. The van der Waals surface area contributed by atoms with Gasteiger partial charge in [0.25, 0.3) is 0 Å². The largest absolute Gasteiger partial charge is 0.278 e. The van der Waals surface area contributed by atoms with E-state index < -0.39 is 0 Å². The second-order valence-electron chi connectivity index (χ2n) is 10.5. The maximum Gasteiger partial charge on any atom is 0.238 e. The predicted molar refractivity (Wildman–Crippen MR) is 170 cm³/mol. The fraction of sp³-hybridized carbons (Fsp3) is 0.108. The van der Waals surface area contributed by atoms with E-state index in [1.54, 1.807) is 0 Å². The van der Waals surface area contributed by atoms with Gasteiger partial charge >= 0.3 is 0 Å². The standard InChI is InChI=1S/C29H22N4.C8H10/c1-19-11-15-21(16-12-19)27-30-28(22-17-13-20(2)14-18-22)32-29(31-27)33-25-9-5-3-7-23(25)24-8-4-6-10-26(24)33;1-7-3-5-8(2)6-4-7/h3-18H,1-2H3;3-6H,1-2H3. The van der Waals surface area contributed by atoms with Crippen LogP contribution in [0.15, 0.2) is 121 Å². The second-order valence-corrected chi connectivity index (χ2v) is 10.5. The van der Waals surface area contributed by atoms with E-state index in [-0.39, 0.29) is 0 Å². The molecule has 0 aliphatic carbocycles.